The van der Waals surface area contributed by atoms with Gasteiger partial charge in [-0.15, -0.1) is 0 Å². The summed E-state index contributed by atoms with van der Waals surface area (Å²) >= 11 is 0. The largest absolute Gasteiger partial charge is 0.457 e. The molecule has 14 nitrogen and oxygen atoms in total. The summed E-state index contributed by atoms with van der Waals surface area (Å²) in [6.07, 6.45) is 47.8. The van der Waals surface area contributed by atoms with Crippen molar-refractivity contribution < 1.29 is 69.0 Å². The van der Waals surface area contributed by atoms with Crippen LogP contribution >= 0.6 is 0 Å². The van der Waals surface area contributed by atoms with E-state index in [1.165, 1.54) is 89.9 Å². The maximum Gasteiger partial charge on any atom is 0.306 e. The highest BCUT2D eigenvalue weighted by Gasteiger charge is 2.47. The third kappa shape index (κ3) is 35.5. The van der Waals surface area contributed by atoms with Crippen LogP contribution in [0.3, 0.4) is 0 Å². The van der Waals surface area contributed by atoms with E-state index >= 15 is 0 Å². The van der Waals surface area contributed by atoms with E-state index in [-0.39, 0.29) is 25.6 Å². The summed E-state index contributed by atoms with van der Waals surface area (Å²) < 4.78 is 34.4. The molecule has 11 unspecified atom stereocenters. The quantitative estimate of drug-likeness (QED) is 0.0172. The maximum atomic E-state index is 13.1. The lowest BCUT2D eigenvalue weighted by Crippen LogP contribution is -2.61. The molecule has 2 saturated heterocycles. The van der Waals surface area contributed by atoms with Gasteiger partial charge in [0.1, 0.15) is 54.9 Å². The first-order valence-corrected chi connectivity index (χ1v) is 30.2. The van der Waals surface area contributed by atoms with Crippen molar-refractivity contribution in [3.8, 4) is 0 Å². The van der Waals surface area contributed by atoms with Gasteiger partial charge in [-0.1, -0.05) is 195 Å². The molecule has 2 aliphatic rings. The van der Waals surface area contributed by atoms with Crippen molar-refractivity contribution in [3.05, 3.63) is 85.1 Å². The molecule has 0 radical (unpaired) electrons. The lowest BCUT2D eigenvalue weighted by atomic mass is 9.98. The summed E-state index contributed by atoms with van der Waals surface area (Å²) in [5.74, 6) is -0.387. The van der Waals surface area contributed by atoms with Crippen LogP contribution in [0.25, 0.3) is 0 Å². The molecule has 2 rings (SSSR count). The number of allylic oxidation sites excluding steroid dienone is 14. The fourth-order valence-electron chi connectivity index (χ4n) is 9.05. The standard InChI is InChI=1S/C63H108O14/c1-3-5-7-9-11-13-15-17-19-21-23-24-25-26-27-28-29-30-32-34-36-38-40-42-44-46-55(65)75-52(49-72-47-45-43-41-39-37-35-33-31-22-20-18-16-14-12-10-8-6-4-2)50-73-62-61(71)59(69)57(67)54(77-62)51-74-63-60(70)58(68)56(66)53(48-64)76-63/h5,7,11-14,17-20,23-24,26-27,52-54,56-64,66-71H,3-4,6,8-10,15-16,21-22,25,28-51H2,1-2H3/b7-5-,13-11-,14-12-,19-17-,20-18-,24-23-,27-26-. The molecular formula is C63H108O14. The van der Waals surface area contributed by atoms with E-state index in [4.69, 9.17) is 28.4 Å². The topological polar surface area (TPSA) is 214 Å². The lowest BCUT2D eigenvalue weighted by molar-refractivity contribution is -0.332. The summed E-state index contributed by atoms with van der Waals surface area (Å²) in [4.78, 5) is 13.1. The van der Waals surface area contributed by atoms with Gasteiger partial charge < -0.3 is 64.2 Å². The summed E-state index contributed by atoms with van der Waals surface area (Å²) in [7, 11) is 0. The van der Waals surface area contributed by atoms with E-state index in [1.807, 2.05) is 0 Å². The van der Waals surface area contributed by atoms with Crippen molar-refractivity contribution >= 4 is 5.97 Å². The third-order valence-electron chi connectivity index (χ3n) is 13.9. The number of carbonyl (C=O) groups excluding carboxylic acids is 1. The second kappa shape index (κ2) is 49.0. The number of rotatable bonds is 48. The molecule has 0 spiro atoms. The van der Waals surface area contributed by atoms with Gasteiger partial charge in [-0.25, -0.2) is 0 Å². The molecule has 0 aromatic carbocycles. The number of ether oxygens (including phenoxy) is 6. The molecule has 14 heteroatoms. The first-order chi connectivity index (χ1) is 37.6. The van der Waals surface area contributed by atoms with Crippen LogP contribution in [-0.4, -0.2) is 142 Å². The van der Waals surface area contributed by atoms with Gasteiger partial charge in [0, 0.05) is 13.0 Å². The number of hydrogen-bond donors (Lipinski definition) is 7. The molecule has 77 heavy (non-hydrogen) atoms. The van der Waals surface area contributed by atoms with Gasteiger partial charge in [0.2, 0.25) is 0 Å². The highest BCUT2D eigenvalue weighted by Crippen LogP contribution is 2.27. The molecule has 0 amide bonds. The van der Waals surface area contributed by atoms with Crippen molar-refractivity contribution in [1.82, 2.24) is 0 Å². The number of unbranched alkanes of at least 4 members (excludes halogenated alkanes) is 20. The molecule has 0 saturated carbocycles. The monoisotopic (exact) mass is 1090 g/mol. The molecule has 2 aliphatic heterocycles. The minimum absolute atomic E-state index is 0.0510. The van der Waals surface area contributed by atoms with E-state index in [2.05, 4.69) is 98.9 Å². The third-order valence-corrected chi connectivity index (χ3v) is 13.9. The summed E-state index contributed by atoms with van der Waals surface area (Å²) in [5.41, 5.74) is 0. The van der Waals surface area contributed by atoms with Gasteiger partial charge in [0.25, 0.3) is 0 Å². The van der Waals surface area contributed by atoms with E-state index in [0.717, 1.165) is 89.9 Å². The van der Waals surface area contributed by atoms with Crippen molar-refractivity contribution in [2.75, 3.05) is 33.0 Å². The second-order valence-corrected chi connectivity index (χ2v) is 20.8. The van der Waals surface area contributed by atoms with Crippen LogP contribution < -0.4 is 0 Å². The number of aliphatic hydroxyl groups excluding tert-OH is 7. The average Bonchev–Trinajstić information content (AvgIpc) is 3.43. The van der Waals surface area contributed by atoms with Gasteiger partial charge in [0.05, 0.1) is 26.4 Å². The Labute approximate surface area is 465 Å². The summed E-state index contributed by atoms with van der Waals surface area (Å²) in [6.45, 7) is 3.53. The molecule has 444 valence electrons. The zero-order chi connectivity index (χ0) is 55.8. The van der Waals surface area contributed by atoms with Gasteiger partial charge >= 0.3 is 5.97 Å². The Hall–Kier alpha value is -2.83. The van der Waals surface area contributed by atoms with Crippen LogP contribution in [0.5, 0.6) is 0 Å². The second-order valence-electron chi connectivity index (χ2n) is 20.8. The molecular weight excluding hydrogens is 981 g/mol. The first-order valence-electron chi connectivity index (χ1n) is 30.2. The summed E-state index contributed by atoms with van der Waals surface area (Å²) in [5, 5.41) is 72.4. The van der Waals surface area contributed by atoms with Crippen molar-refractivity contribution in [2.45, 2.75) is 274 Å². The van der Waals surface area contributed by atoms with Crippen LogP contribution in [0.1, 0.15) is 206 Å². The molecule has 2 heterocycles. The van der Waals surface area contributed by atoms with Gasteiger partial charge in [-0.2, -0.15) is 0 Å². The molecule has 0 bridgehead atoms. The predicted molar refractivity (Wildman–Crippen MR) is 307 cm³/mol. The maximum absolute atomic E-state index is 13.1. The Morgan fingerprint density at radius 1 is 0.442 bits per heavy atom. The Kier molecular flexibility index (Phi) is 44.7. The molecule has 7 N–H and O–H groups in total. The number of esters is 1. The minimum atomic E-state index is -1.71. The van der Waals surface area contributed by atoms with E-state index in [9.17, 15) is 40.5 Å². The van der Waals surface area contributed by atoms with Gasteiger partial charge in [0.15, 0.2) is 12.6 Å². The predicted octanol–water partition coefficient (Wildman–Crippen LogP) is 11.2. The number of aliphatic hydroxyl groups is 7. The lowest BCUT2D eigenvalue weighted by Gasteiger charge is -2.42. The smallest absolute Gasteiger partial charge is 0.306 e. The van der Waals surface area contributed by atoms with Crippen molar-refractivity contribution in [1.29, 1.82) is 0 Å². The normalized spacial score (nSPS) is 24.9. The molecule has 0 aromatic heterocycles. The molecule has 2 fully saturated rings. The van der Waals surface area contributed by atoms with Gasteiger partial charge in [-0.05, 0) is 89.9 Å². The Morgan fingerprint density at radius 3 is 1.32 bits per heavy atom. The fourth-order valence-corrected chi connectivity index (χ4v) is 9.05. The van der Waals surface area contributed by atoms with E-state index < -0.39 is 80.7 Å². The van der Waals surface area contributed by atoms with Crippen LogP contribution in [0.15, 0.2) is 85.1 Å². The molecule has 0 aromatic rings. The molecule has 11 atom stereocenters. The highest BCUT2D eigenvalue weighted by molar-refractivity contribution is 5.69. The highest BCUT2D eigenvalue weighted by atomic mass is 16.7. The van der Waals surface area contributed by atoms with E-state index in [0.29, 0.717) is 13.0 Å². The zero-order valence-electron chi connectivity index (χ0n) is 47.7. The zero-order valence-corrected chi connectivity index (χ0v) is 47.7. The van der Waals surface area contributed by atoms with Crippen LogP contribution in [0.2, 0.25) is 0 Å². The van der Waals surface area contributed by atoms with Crippen LogP contribution in [-0.2, 0) is 33.2 Å². The first kappa shape index (κ1) is 70.3. The SMILES string of the molecule is CC/C=C\C/C=C\C/C=C\C/C=C\C/C=C\CCCCCCCCCCCC(=O)OC(COCCCCCCCCCC/C=C\C/C=C\CCCCC)COC1OC(COC2OC(CO)C(O)C(O)C2O)C(O)C(O)C1O. The number of hydrogen-bond acceptors (Lipinski definition) is 14. The minimum Gasteiger partial charge on any atom is -0.457 e. The van der Waals surface area contributed by atoms with Crippen LogP contribution in [0.4, 0.5) is 0 Å². The fraction of sp³-hybridized carbons (Fsp3) is 0.762. The summed E-state index contributed by atoms with van der Waals surface area (Å²) in [6, 6.07) is 0. The van der Waals surface area contributed by atoms with Crippen molar-refractivity contribution in [2.24, 2.45) is 0 Å². The van der Waals surface area contributed by atoms with Crippen LogP contribution in [0, 0.1) is 0 Å². The number of carbonyl (C=O) groups is 1. The van der Waals surface area contributed by atoms with E-state index in [1.54, 1.807) is 0 Å². The van der Waals surface area contributed by atoms with Gasteiger partial charge in [-0.3, -0.25) is 4.79 Å². The Balaban J connectivity index is 1.70. The average molecular weight is 1090 g/mol. The van der Waals surface area contributed by atoms with Crippen molar-refractivity contribution in [3.63, 3.8) is 0 Å². The molecule has 0 aliphatic carbocycles. The Morgan fingerprint density at radius 2 is 0.844 bits per heavy atom. The Bertz CT molecular complexity index is 1590.